The summed E-state index contributed by atoms with van der Waals surface area (Å²) < 4.78 is 24.6. The van der Waals surface area contributed by atoms with Crippen LogP contribution in [0, 0.1) is 0 Å². The van der Waals surface area contributed by atoms with Crippen molar-refractivity contribution in [2.45, 2.75) is 25.3 Å². The lowest BCUT2D eigenvalue weighted by Crippen LogP contribution is -2.45. The van der Waals surface area contributed by atoms with E-state index in [0.29, 0.717) is 25.9 Å². The van der Waals surface area contributed by atoms with Gasteiger partial charge in [-0.05, 0) is 31.0 Å². The molecule has 1 aliphatic heterocycles. The summed E-state index contributed by atoms with van der Waals surface area (Å²) in [5.74, 6) is -1.51. The number of carboxylic acid groups (broad SMARTS) is 1. The van der Waals surface area contributed by atoms with E-state index in [1.807, 2.05) is 0 Å². The summed E-state index contributed by atoms with van der Waals surface area (Å²) in [4.78, 5) is 24.7. The number of carbonyl (C=O) groups is 2. The van der Waals surface area contributed by atoms with E-state index < -0.39 is 12.4 Å². The molecule has 0 spiro atoms. The minimum absolute atomic E-state index is 0.00635. The number of piperidine rings is 1. The van der Waals surface area contributed by atoms with Gasteiger partial charge in [0.05, 0.1) is 22.7 Å². The van der Waals surface area contributed by atoms with E-state index in [9.17, 15) is 18.4 Å². The maximum Gasteiger partial charge on any atom is 0.335 e. The number of aromatic carboxylic acids is 1. The fraction of sp³-hybridized carbons (Fsp3) is 0.467. The number of carbonyl (C=O) groups excluding carboxylic acids is 1. The Kier molecular flexibility index (Phi) is 5.90. The van der Waals surface area contributed by atoms with Gasteiger partial charge in [0.2, 0.25) is 0 Å². The number of hydrogen-bond acceptors (Lipinski definition) is 3. The van der Waals surface area contributed by atoms with Crippen molar-refractivity contribution in [2.75, 3.05) is 19.6 Å². The molecule has 1 aromatic rings. The first-order valence-electron chi connectivity index (χ1n) is 7.21. The molecule has 0 unspecified atom stereocenters. The van der Waals surface area contributed by atoms with Gasteiger partial charge in [-0.1, -0.05) is 11.6 Å². The van der Waals surface area contributed by atoms with Gasteiger partial charge in [-0.2, -0.15) is 0 Å². The smallest absolute Gasteiger partial charge is 0.335 e. The SMILES string of the molecule is O=C(O)c1ccc(C(=O)NC2CCN(CC(F)F)CC2)c(Cl)c1. The molecule has 1 saturated heterocycles. The number of nitrogens with zero attached hydrogens (tertiary/aromatic N) is 1. The fourth-order valence-corrected chi connectivity index (χ4v) is 2.82. The van der Waals surface area contributed by atoms with Crippen LogP contribution in [0.5, 0.6) is 0 Å². The molecule has 0 radical (unpaired) electrons. The zero-order valence-corrected chi connectivity index (χ0v) is 13.0. The molecular weight excluding hydrogens is 330 g/mol. The van der Waals surface area contributed by atoms with Crippen molar-refractivity contribution in [3.05, 3.63) is 34.3 Å². The van der Waals surface area contributed by atoms with Crippen LogP contribution < -0.4 is 5.32 Å². The molecule has 0 saturated carbocycles. The summed E-state index contributed by atoms with van der Waals surface area (Å²) in [6.07, 6.45) is -1.18. The van der Waals surface area contributed by atoms with Crippen LogP contribution in [0.4, 0.5) is 8.78 Å². The molecule has 1 heterocycles. The van der Waals surface area contributed by atoms with Crippen molar-refractivity contribution in [3.8, 4) is 0 Å². The fourth-order valence-electron chi connectivity index (χ4n) is 2.55. The van der Waals surface area contributed by atoms with Crippen molar-refractivity contribution in [2.24, 2.45) is 0 Å². The van der Waals surface area contributed by atoms with Gasteiger partial charge in [0, 0.05) is 19.1 Å². The van der Waals surface area contributed by atoms with Gasteiger partial charge < -0.3 is 10.4 Å². The molecule has 8 heteroatoms. The maximum absolute atomic E-state index is 12.3. The Morgan fingerprint density at radius 1 is 1.35 bits per heavy atom. The van der Waals surface area contributed by atoms with E-state index in [1.165, 1.54) is 18.2 Å². The number of rotatable bonds is 5. The first-order chi connectivity index (χ1) is 10.9. The van der Waals surface area contributed by atoms with Crippen molar-refractivity contribution < 1.29 is 23.5 Å². The number of alkyl halides is 2. The van der Waals surface area contributed by atoms with Crippen molar-refractivity contribution in [1.82, 2.24) is 10.2 Å². The largest absolute Gasteiger partial charge is 0.478 e. The van der Waals surface area contributed by atoms with Crippen molar-refractivity contribution in [1.29, 1.82) is 0 Å². The van der Waals surface area contributed by atoms with Crippen LogP contribution in [-0.4, -0.2) is 54.0 Å². The van der Waals surface area contributed by atoms with Gasteiger partial charge in [0.1, 0.15) is 0 Å². The van der Waals surface area contributed by atoms with Crippen LogP contribution in [-0.2, 0) is 0 Å². The highest BCUT2D eigenvalue weighted by Gasteiger charge is 2.23. The predicted molar refractivity (Wildman–Crippen MR) is 81.3 cm³/mol. The Morgan fingerprint density at radius 3 is 2.52 bits per heavy atom. The number of carboxylic acids is 1. The van der Waals surface area contributed by atoms with E-state index >= 15 is 0 Å². The minimum Gasteiger partial charge on any atom is -0.478 e. The number of amides is 1. The highest BCUT2D eigenvalue weighted by molar-refractivity contribution is 6.34. The molecule has 126 valence electrons. The van der Waals surface area contributed by atoms with E-state index in [0.717, 1.165) is 0 Å². The van der Waals surface area contributed by atoms with Crippen LogP contribution >= 0.6 is 11.6 Å². The lowest BCUT2D eigenvalue weighted by molar-refractivity contribution is 0.0695. The second kappa shape index (κ2) is 7.70. The number of benzene rings is 1. The molecule has 0 bridgehead atoms. The predicted octanol–water partition coefficient (Wildman–Crippen LogP) is 2.50. The van der Waals surface area contributed by atoms with Crippen molar-refractivity contribution in [3.63, 3.8) is 0 Å². The third-order valence-electron chi connectivity index (χ3n) is 3.78. The van der Waals surface area contributed by atoms with Crippen molar-refractivity contribution >= 4 is 23.5 Å². The minimum atomic E-state index is -2.35. The maximum atomic E-state index is 12.3. The lowest BCUT2D eigenvalue weighted by atomic mass is 10.0. The average Bonchev–Trinajstić information content (AvgIpc) is 2.48. The van der Waals surface area contributed by atoms with Gasteiger partial charge in [-0.3, -0.25) is 9.69 Å². The number of halogens is 3. The summed E-state index contributed by atoms with van der Waals surface area (Å²) in [7, 11) is 0. The van der Waals surface area contributed by atoms with Crippen LogP contribution in [0.3, 0.4) is 0 Å². The first kappa shape index (κ1) is 17.6. The molecule has 1 aromatic carbocycles. The molecule has 23 heavy (non-hydrogen) atoms. The van der Waals surface area contributed by atoms with Gasteiger partial charge in [0.25, 0.3) is 12.3 Å². The van der Waals surface area contributed by atoms with Crippen LogP contribution in [0.15, 0.2) is 18.2 Å². The van der Waals surface area contributed by atoms with E-state index in [-0.39, 0.29) is 34.6 Å². The Bertz CT molecular complexity index is 590. The number of likely N-dealkylation sites (tertiary alicyclic amines) is 1. The van der Waals surface area contributed by atoms with Gasteiger partial charge in [-0.15, -0.1) is 0 Å². The molecule has 1 aliphatic rings. The van der Waals surface area contributed by atoms with Gasteiger partial charge >= 0.3 is 5.97 Å². The summed E-state index contributed by atoms with van der Waals surface area (Å²) >= 11 is 5.95. The Hall–Kier alpha value is -1.73. The zero-order chi connectivity index (χ0) is 17.0. The normalized spacial score (nSPS) is 16.5. The standard InChI is InChI=1S/C15H17ClF2N2O3/c16-12-7-9(15(22)23)1-2-11(12)14(21)19-10-3-5-20(6-4-10)8-13(17)18/h1-2,7,10,13H,3-6,8H2,(H,19,21)(H,22,23). The Labute approximate surface area is 137 Å². The van der Waals surface area contributed by atoms with E-state index in [2.05, 4.69) is 5.32 Å². The van der Waals surface area contributed by atoms with Gasteiger partial charge in [-0.25, -0.2) is 13.6 Å². The zero-order valence-electron chi connectivity index (χ0n) is 12.3. The number of hydrogen-bond donors (Lipinski definition) is 2. The quantitative estimate of drug-likeness (QED) is 0.859. The molecule has 0 aromatic heterocycles. The molecular formula is C15H17ClF2N2O3. The molecule has 0 aliphatic carbocycles. The van der Waals surface area contributed by atoms with E-state index in [4.69, 9.17) is 16.7 Å². The molecule has 1 amide bonds. The lowest BCUT2D eigenvalue weighted by Gasteiger charge is -2.32. The Balaban J connectivity index is 1.92. The summed E-state index contributed by atoms with van der Waals surface area (Å²) in [6, 6.07) is 3.80. The second-order valence-electron chi connectivity index (χ2n) is 5.44. The average molecular weight is 347 g/mol. The molecule has 2 N–H and O–H groups in total. The molecule has 2 rings (SSSR count). The molecule has 1 fully saturated rings. The van der Waals surface area contributed by atoms with E-state index in [1.54, 1.807) is 4.90 Å². The first-order valence-corrected chi connectivity index (χ1v) is 7.59. The van der Waals surface area contributed by atoms with Crippen LogP contribution in [0.2, 0.25) is 5.02 Å². The number of nitrogens with one attached hydrogen (secondary N) is 1. The third kappa shape index (κ3) is 4.87. The molecule has 5 nitrogen and oxygen atoms in total. The summed E-state index contributed by atoms with van der Waals surface area (Å²) in [5.41, 5.74) is 0.207. The summed E-state index contributed by atoms with van der Waals surface area (Å²) in [6.45, 7) is 0.755. The highest BCUT2D eigenvalue weighted by atomic mass is 35.5. The van der Waals surface area contributed by atoms with Crippen LogP contribution in [0.1, 0.15) is 33.6 Å². The monoisotopic (exact) mass is 346 g/mol. The summed E-state index contributed by atoms with van der Waals surface area (Å²) in [5, 5.41) is 11.8. The van der Waals surface area contributed by atoms with Gasteiger partial charge in [0.15, 0.2) is 0 Å². The van der Waals surface area contributed by atoms with Crippen LogP contribution in [0.25, 0.3) is 0 Å². The third-order valence-corrected chi connectivity index (χ3v) is 4.09. The topological polar surface area (TPSA) is 69.6 Å². The second-order valence-corrected chi connectivity index (χ2v) is 5.85. The highest BCUT2D eigenvalue weighted by Crippen LogP contribution is 2.19. The Morgan fingerprint density at radius 2 is 2.00 bits per heavy atom. The molecule has 0 atom stereocenters.